The van der Waals surface area contributed by atoms with Crippen LogP contribution in [0.15, 0.2) is 24.3 Å². The SMILES string of the molecule is C[C@@H]1[C@H](C(=O)O)CCCN1C(=O)c1ccc(C(C)(C)C)cc1. The second-order valence-electron chi connectivity index (χ2n) is 7.15. The quantitative estimate of drug-likeness (QED) is 0.912. The monoisotopic (exact) mass is 303 g/mol. The Morgan fingerprint density at radius 1 is 1.18 bits per heavy atom. The zero-order valence-electron chi connectivity index (χ0n) is 13.8. The number of nitrogens with zero attached hydrogens (tertiary/aromatic N) is 1. The molecule has 0 bridgehead atoms. The Hall–Kier alpha value is -1.84. The molecule has 1 aliphatic rings. The van der Waals surface area contributed by atoms with Gasteiger partial charge in [-0.3, -0.25) is 9.59 Å². The fourth-order valence-corrected chi connectivity index (χ4v) is 3.04. The van der Waals surface area contributed by atoms with E-state index in [0.29, 0.717) is 18.5 Å². The molecule has 1 aromatic rings. The summed E-state index contributed by atoms with van der Waals surface area (Å²) in [6.45, 7) is 8.86. The summed E-state index contributed by atoms with van der Waals surface area (Å²) < 4.78 is 0. The van der Waals surface area contributed by atoms with Gasteiger partial charge in [-0.05, 0) is 42.9 Å². The summed E-state index contributed by atoms with van der Waals surface area (Å²) in [5.41, 5.74) is 1.86. The van der Waals surface area contributed by atoms with E-state index in [9.17, 15) is 14.7 Å². The van der Waals surface area contributed by atoms with Crippen molar-refractivity contribution in [3.63, 3.8) is 0 Å². The Balaban J connectivity index is 2.19. The van der Waals surface area contributed by atoms with Gasteiger partial charge in [-0.25, -0.2) is 0 Å². The normalized spacial score (nSPS) is 22.5. The van der Waals surface area contributed by atoms with Crippen molar-refractivity contribution in [1.82, 2.24) is 4.90 Å². The fraction of sp³-hybridized carbons (Fsp3) is 0.556. The van der Waals surface area contributed by atoms with E-state index in [1.54, 1.807) is 4.90 Å². The minimum absolute atomic E-state index is 0.0500. The molecule has 0 aliphatic carbocycles. The summed E-state index contributed by atoms with van der Waals surface area (Å²) in [5.74, 6) is -1.35. The van der Waals surface area contributed by atoms with Gasteiger partial charge in [0.05, 0.1) is 5.92 Å². The molecular weight excluding hydrogens is 278 g/mol. The Morgan fingerprint density at radius 3 is 2.27 bits per heavy atom. The maximum atomic E-state index is 12.7. The lowest BCUT2D eigenvalue weighted by atomic mass is 9.86. The first-order valence-corrected chi connectivity index (χ1v) is 7.86. The molecule has 1 fully saturated rings. The first-order chi connectivity index (χ1) is 10.2. The van der Waals surface area contributed by atoms with Crippen LogP contribution in [-0.4, -0.2) is 34.5 Å². The topological polar surface area (TPSA) is 57.6 Å². The first kappa shape index (κ1) is 16.5. The standard InChI is InChI=1S/C18H25NO3/c1-12-15(17(21)22)6-5-11-19(12)16(20)13-7-9-14(10-8-13)18(2,3)4/h7-10,12,15H,5-6,11H2,1-4H3,(H,21,22)/t12-,15-/m1/s1. The summed E-state index contributed by atoms with van der Waals surface area (Å²) in [6, 6.07) is 7.40. The van der Waals surface area contributed by atoms with Gasteiger partial charge in [-0.2, -0.15) is 0 Å². The first-order valence-electron chi connectivity index (χ1n) is 7.86. The van der Waals surface area contributed by atoms with E-state index >= 15 is 0 Å². The zero-order chi connectivity index (χ0) is 16.5. The molecular formula is C18H25NO3. The molecule has 120 valence electrons. The van der Waals surface area contributed by atoms with Crippen LogP contribution in [0, 0.1) is 5.92 Å². The number of rotatable bonds is 2. The molecule has 1 amide bonds. The van der Waals surface area contributed by atoms with Crippen LogP contribution in [0.4, 0.5) is 0 Å². The van der Waals surface area contributed by atoms with Gasteiger partial charge in [0.2, 0.25) is 0 Å². The van der Waals surface area contributed by atoms with Crippen LogP contribution in [0.25, 0.3) is 0 Å². The predicted molar refractivity (Wildman–Crippen MR) is 86.0 cm³/mol. The number of likely N-dealkylation sites (tertiary alicyclic amines) is 1. The van der Waals surface area contributed by atoms with Gasteiger partial charge < -0.3 is 10.0 Å². The molecule has 1 N–H and O–H groups in total. The van der Waals surface area contributed by atoms with Crippen LogP contribution in [0.3, 0.4) is 0 Å². The highest BCUT2D eigenvalue weighted by atomic mass is 16.4. The molecule has 0 unspecified atom stereocenters. The van der Waals surface area contributed by atoms with Gasteiger partial charge in [0.1, 0.15) is 0 Å². The van der Waals surface area contributed by atoms with Crippen molar-refractivity contribution in [1.29, 1.82) is 0 Å². The summed E-state index contributed by atoms with van der Waals surface area (Å²) in [5, 5.41) is 9.27. The Bertz CT molecular complexity index is 557. The van der Waals surface area contributed by atoms with Crippen LogP contribution < -0.4 is 0 Å². The van der Waals surface area contributed by atoms with E-state index in [-0.39, 0.29) is 17.4 Å². The zero-order valence-corrected chi connectivity index (χ0v) is 13.8. The van der Waals surface area contributed by atoms with Crippen LogP contribution in [0.5, 0.6) is 0 Å². The Kier molecular flexibility index (Phi) is 4.59. The predicted octanol–water partition coefficient (Wildman–Crippen LogP) is 3.31. The number of hydrogen-bond donors (Lipinski definition) is 1. The van der Waals surface area contributed by atoms with E-state index in [1.165, 1.54) is 5.56 Å². The van der Waals surface area contributed by atoms with E-state index in [0.717, 1.165) is 6.42 Å². The van der Waals surface area contributed by atoms with Crippen LogP contribution in [-0.2, 0) is 10.2 Å². The third-order valence-corrected chi connectivity index (χ3v) is 4.56. The van der Waals surface area contributed by atoms with Crippen LogP contribution in [0.1, 0.15) is 56.5 Å². The number of aliphatic carboxylic acids is 1. The third kappa shape index (κ3) is 3.32. The molecule has 22 heavy (non-hydrogen) atoms. The summed E-state index contributed by atoms with van der Waals surface area (Å²) >= 11 is 0. The number of carboxylic acids is 1. The maximum Gasteiger partial charge on any atom is 0.308 e. The third-order valence-electron chi connectivity index (χ3n) is 4.56. The molecule has 4 heteroatoms. The van der Waals surface area contributed by atoms with Crippen molar-refractivity contribution < 1.29 is 14.7 Å². The van der Waals surface area contributed by atoms with Crippen molar-refractivity contribution in [2.24, 2.45) is 5.92 Å². The average Bonchev–Trinajstić information content (AvgIpc) is 2.45. The number of carboxylic acid groups (broad SMARTS) is 1. The largest absolute Gasteiger partial charge is 0.481 e. The van der Waals surface area contributed by atoms with Crippen molar-refractivity contribution in [3.8, 4) is 0 Å². The average molecular weight is 303 g/mol. The lowest BCUT2D eigenvalue weighted by Crippen LogP contribution is -2.49. The molecule has 0 spiro atoms. The lowest BCUT2D eigenvalue weighted by Gasteiger charge is -2.37. The second kappa shape index (κ2) is 6.11. The van der Waals surface area contributed by atoms with Crippen molar-refractivity contribution in [3.05, 3.63) is 35.4 Å². The van der Waals surface area contributed by atoms with Gasteiger partial charge in [0, 0.05) is 18.2 Å². The Morgan fingerprint density at radius 2 is 1.77 bits per heavy atom. The van der Waals surface area contributed by atoms with E-state index < -0.39 is 11.9 Å². The van der Waals surface area contributed by atoms with Crippen molar-refractivity contribution in [2.75, 3.05) is 6.54 Å². The molecule has 1 saturated heterocycles. The van der Waals surface area contributed by atoms with E-state index in [1.807, 2.05) is 31.2 Å². The summed E-state index contributed by atoms with van der Waals surface area (Å²) in [6.07, 6.45) is 1.39. The number of carbonyl (C=O) groups is 2. The molecule has 4 nitrogen and oxygen atoms in total. The van der Waals surface area contributed by atoms with Gasteiger partial charge in [-0.1, -0.05) is 32.9 Å². The fourth-order valence-electron chi connectivity index (χ4n) is 3.04. The molecule has 0 saturated carbocycles. The number of carbonyl (C=O) groups excluding carboxylic acids is 1. The van der Waals surface area contributed by atoms with Crippen molar-refractivity contribution in [2.45, 2.75) is 52.0 Å². The highest BCUT2D eigenvalue weighted by Crippen LogP contribution is 2.27. The minimum Gasteiger partial charge on any atom is -0.481 e. The second-order valence-corrected chi connectivity index (χ2v) is 7.15. The maximum absolute atomic E-state index is 12.7. The number of piperidine rings is 1. The van der Waals surface area contributed by atoms with Gasteiger partial charge in [0.25, 0.3) is 5.91 Å². The smallest absolute Gasteiger partial charge is 0.308 e. The summed E-state index contributed by atoms with van der Waals surface area (Å²) in [4.78, 5) is 25.7. The van der Waals surface area contributed by atoms with Gasteiger partial charge in [0.15, 0.2) is 0 Å². The molecule has 1 aromatic carbocycles. The molecule has 1 aliphatic heterocycles. The van der Waals surface area contributed by atoms with Gasteiger partial charge in [-0.15, -0.1) is 0 Å². The number of hydrogen-bond acceptors (Lipinski definition) is 2. The minimum atomic E-state index is -0.812. The van der Waals surface area contributed by atoms with Crippen LogP contribution in [0.2, 0.25) is 0 Å². The highest BCUT2D eigenvalue weighted by Gasteiger charge is 2.35. The van der Waals surface area contributed by atoms with E-state index in [4.69, 9.17) is 0 Å². The molecule has 1 heterocycles. The molecule has 0 radical (unpaired) electrons. The lowest BCUT2D eigenvalue weighted by molar-refractivity contribution is -0.144. The van der Waals surface area contributed by atoms with Crippen molar-refractivity contribution >= 4 is 11.9 Å². The van der Waals surface area contributed by atoms with Gasteiger partial charge >= 0.3 is 5.97 Å². The van der Waals surface area contributed by atoms with E-state index in [2.05, 4.69) is 20.8 Å². The molecule has 2 rings (SSSR count). The van der Waals surface area contributed by atoms with Crippen LogP contribution >= 0.6 is 0 Å². The molecule has 0 aromatic heterocycles. The summed E-state index contributed by atoms with van der Waals surface area (Å²) in [7, 11) is 0. The Labute approximate surface area is 132 Å². The number of benzene rings is 1. The highest BCUT2D eigenvalue weighted by molar-refractivity contribution is 5.95. The number of amides is 1. The molecule has 2 atom stereocenters.